The number of aryl methyl sites for hydroxylation is 1. The molecule has 144 valence electrons. The van der Waals surface area contributed by atoms with Gasteiger partial charge in [0.15, 0.2) is 0 Å². The molecule has 0 bridgehead atoms. The Labute approximate surface area is 172 Å². The van der Waals surface area contributed by atoms with E-state index in [1.807, 2.05) is 54.1 Å². The van der Waals surface area contributed by atoms with Crippen LogP contribution in [0.25, 0.3) is 16.7 Å². The number of aromatic nitrogens is 3. The third-order valence-corrected chi connectivity index (χ3v) is 5.45. The van der Waals surface area contributed by atoms with Crippen molar-refractivity contribution in [1.82, 2.24) is 20.4 Å². The Hall–Kier alpha value is -3.38. The van der Waals surface area contributed by atoms with Crippen LogP contribution in [0.4, 0.5) is 0 Å². The van der Waals surface area contributed by atoms with Crippen LogP contribution in [0.3, 0.4) is 0 Å². The quantitative estimate of drug-likeness (QED) is 0.527. The number of hydrogen-bond donors (Lipinski definition) is 2. The summed E-state index contributed by atoms with van der Waals surface area (Å²) in [5.74, 6) is 0.0758. The number of halogens is 1. The Morgan fingerprint density at radius 1 is 1.10 bits per heavy atom. The van der Waals surface area contributed by atoms with Crippen molar-refractivity contribution in [2.24, 2.45) is 5.10 Å². The highest BCUT2D eigenvalue weighted by Crippen LogP contribution is 2.33. The van der Waals surface area contributed by atoms with Crippen molar-refractivity contribution in [3.05, 3.63) is 82.4 Å². The van der Waals surface area contributed by atoms with Crippen molar-refractivity contribution < 1.29 is 5.11 Å². The van der Waals surface area contributed by atoms with Gasteiger partial charge in [0.25, 0.3) is 0 Å². The number of benzene rings is 3. The molecule has 0 aliphatic carbocycles. The third kappa shape index (κ3) is 3.11. The lowest BCUT2D eigenvalue weighted by Gasteiger charge is -2.12. The normalized spacial score (nSPS) is 16.1. The maximum Gasteiger partial charge on any atom is 0.143 e. The Morgan fingerprint density at radius 2 is 1.90 bits per heavy atom. The van der Waals surface area contributed by atoms with Gasteiger partial charge in [-0.05, 0) is 54.4 Å². The summed E-state index contributed by atoms with van der Waals surface area (Å²) in [4.78, 5) is 0. The molecule has 7 heteroatoms. The molecule has 1 aliphatic rings. The number of phenolic OH excluding ortho intramolecular Hbond substituents is 1. The van der Waals surface area contributed by atoms with E-state index in [9.17, 15) is 5.11 Å². The Morgan fingerprint density at radius 3 is 2.72 bits per heavy atom. The van der Waals surface area contributed by atoms with Gasteiger partial charge in [-0.2, -0.15) is 5.10 Å². The lowest BCUT2D eigenvalue weighted by molar-refractivity contribution is 0.474. The predicted molar refractivity (Wildman–Crippen MR) is 114 cm³/mol. The van der Waals surface area contributed by atoms with E-state index in [2.05, 4.69) is 33.0 Å². The summed E-state index contributed by atoms with van der Waals surface area (Å²) in [5.41, 5.74) is 9.52. The van der Waals surface area contributed by atoms with Crippen LogP contribution in [0, 0.1) is 6.92 Å². The standard InChI is InChI=1S/C22H18ClN5O/c1-13-10-16(22(29)17(23)11-13)20-12-19(24-25-20)14-6-8-15(9-7-14)28-21-5-3-2-4-18(21)26-27-28/h2-11,19,24,29H,12H2,1H3. The molecule has 1 aromatic heterocycles. The predicted octanol–water partition coefficient (Wildman–Crippen LogP) is 4.53. The fraction of sp³-hybridized carbons (Fsp3) is 0.136. The highest BCUT2D eigenvalue weighted by molar-refractivity contribution is 6.32. The van der Waals surface area contributed by atoms with Gasteiger partial charge in [-0.1, -0.05) is 41.1 Å². The molecule has 0 spiro atoms. The Kier molecular flexibility index (Phi) is 4.21. The minimum absolute atomic E-state index is 0.0326. The molecule has 0 amide bonds. The zero-order valence-corrected chi connectivity index (χ0v) is 16.4. The van der Waals surface area contributed by atoms with Gasteiger partial charge in [0.1, 0.15) is 11.3 Å². The fourth-order valence-electron chi connectivity index (χ4n) is 3.67. The van der Waals surface area contributed by atoms with Crippen molar-refractivity contribution in [1.29, 1.82) is 0 Å². The topological polar surface area (TPSA) is 75.3 Å². The minimum atomic E-state index is 0.0326. The van der Waals surface area contributed by atoms with E-state index in [-0.39, 0.29) is 11.8 Å². The number of nitrogens with one attached hydrogen (secondary N) is 1. The van der Waals surface area contributed by atoms with Gasteiger partial charge in [0, 0.05) is 12.0 Å². The highest BCUT2D eigenvalue weighted by atomic mass is 35.5. The number of aromatic hydroxyl groups is 1. The van der Waals surface area contributed by atoms with Gasteiger partial charge >= 0.3 is 0 Å². The molecule has 1 aliphatic heterocycles. The zero-order chi connectivity index (χ0) is 20.0. The van der Waals surface area contributed by atoms with E-state index < -0.39 is 0 Å². The first kappa shape index (κ1) is 17.7. The van der Waals surface area contributed by atoms with Gasteiger partial charge < -0.3 is 10.5 Å². The van der Waals surface area contributed by atoms with E-state index in [4.69, 9.17) is 11.6 Å². The number of rotatable bonds is 3. The molecule has 0 saturated heterocycles. The molecular weight excluding hydrogens is 386 g/mol. The van der Waals surface area contributed by atoms with Crippen LogP contribution in [0.1, 0.15) is 29.2 Å². The molecule has 1 unspecified atom stereocenters. The Bertz CT molecular complexity index is 1250. The van der Waals surface area contributed by atoms with Crippen molar-refractivity contribution >= 4 is 28.3 Å². The number of hydrazone groups is 1. The molecule has 0 fully saturated rings. The molecular formula is C22H18ClN5O. The van der Waals surface area contributed by atoms with Gasteiger partial charge in [0.2, 0.25) is 0 Å². The van der Waals surface area contributed by atoms with Crippen LogP contribution in [-0.4, -0.2) is 25.8 Å². The minimum Gasteiger partial charge on any atom is -0.506 e. The average molecular weight is 404 g/mol. The van der Waals surface area contributed by atoms with Gasteiger partial charge in [-0.15, -0.1) is 5.10 Å². The van der Waals surface area contributed by atoms with E-state index >= 15 is 0 Å². The second-order valence-electron chi connectivity index (χ2n) is 7.17. The summed E-state index contributed by atoms with van der Waals surface area (Å²) in [6, 6.07) is 19.7. The summed E-state index contributed by atoms with van der Waals surface area (Å²) >= 11 is 6.12. The molecule has 2 N–H and O–H groups in total. The van der Waals surface area contributed by atoms with Crippen molar-refractivity contribution in [3.8, 4) is 11.4 Å². The van der Waals surface area contributed by atoms with E-state index in [1.54, 1.807) is 6.07 Å². The van der Waals surface area contributed by atoms with Gasteiger partial charge in [-0.3, -0.25) is 0 Å². The number of para-hydroxylation sites is 1. The van der Waals surface area contributed by atoms with Crippen LogP contribution in [0.5, 0.6) is 5.75 Å². The number of hydrogen-bond acceptors (Lipinski definition) is 5. The van der Waals surface area contributed by atoms with Crippen molar-refractivity contribution in [2.75, 3.05) is 0 Å². The maximum absolute atomic E-state index is 10.3. The summed E-state index contributed by atoms with van der Waals surface area (Å²) in [6.07, 6.45) is 0.666. The molecule has 29 heavy (non-hydrogen) atoms. The molecule has 4 aromatic rings. The monoisotopic (exact) mass is 403 g/mol. The first-order chi connectivity index (χ1) is 14.1. The first-order valence-corrected chi connectivity index (χ1v) is 9.70. The van der Waals surface area contributed by atoms with Gasteiger partial charge in [0.05, 0.1) is 28.0 Å². The molecule has 3 aromatic carbocycles. The lowest BCUT2D eigenvalue weighted by Crippen LogP contribution is -2.10. The molecule has 1 atom stereocenters. The molecule has 2 heterocycles. The molecule has 0 saturated carbocycles. The molecule has 5 rings (SSSR count). The van der Waals surface area contributed by atoms with Gasteiger partial charge in [-0.25, -0.2) is 4.68 Å². The SMILES string of the molecule is Cc1cc(Cl)c(O)c(C2=NNC(c3ccc(-n4nnc5ccccc54)cc3)C2)c1. The van der Waals surface area contributed by atoms with Crippen molar-refractivity contribution in [3.63, 3.8) is 0 Å². The van der Waals surface area contributed by atoms with E-state index in [1.165, 1.54) is 0 Å². The highest BCUT2D eigenvalue weighted by Gasteiger charge is 2.24. The summed E-state index contributed by atoms with van der Waals surface area (Å²) in [7, 11) is 0. The third-order valence-electron chi connectivity index (χ3n) is 5.16. The first-order valence-electron chi connectivity index (χ1n) is 9.32. The van der Waals surface area contributed by atoms with Crippen LogP contribution in [-0.2, 0) is 0 Å². The smallest absolute Gasteiger partial charge is 0.143 e. The molecule has 0 radical (unpaired) electrons. The molecule has 6 nitrogen and oxygen atoms in total. The van der Waals surface area contributed by atoms with Crippen LogP contribution in [0.15, 0.2) is 65.8 Å². The number of fused-ring (bicyclic) bond motifs is 1. The van der Waals surface area contributed by atoms with E-state index in [0.29, 0.717) is 17.0 Å². The fourth-order valence-corrected chi connectivity index (χ4v) is 3.94. The van der Waals surface area contributed by atoms with Crippen LogP contribution >= 0.6 is 11.6 Å². The average Bonchev–Trinajstić information content (AvgIpc) is 3.38. The van der Waals surface area contributed by atoms with Crippen LogP contribution in [0.2, 0.25) is 5.02 Å². The number of nitrogens with zero attached hydrogens (tertiary/aromatic N) is 4. The Balaban J connectivity index is 1.38. The van der Waals surface area contributed by atoms with E-state index in [0.717, 1.165) is 33.6 Å². The summed E-state index contributed by atoms with van der Waals surface area (Å²) in [6.45, 7) is 1.95. The second kappa shape index (κ2) is 6.90. The van der Waals surface area contributed by atoms with Crippen LogP contribution < -0.4 is 5.43 Å². The summed E-state index contributed by atoms with van der Waals surface area (Å²) in [5, 5.41) is 23.6. The second-order valence-corrected chi connectivity index (χ2v) is 7.58. The maximum atomic E-state index is 10.3. The van der Waals surface area contributed by atoms with Crippen molar-refractivity contribution in [2.45, 2.75) is 19.4 Å². The summed E-state index contributed by atoms with van der Waals surface area (Å²) < 4.78 is 1.83. The number of phenols is 1. The largest absolute Gasteiger partial charge is 0.506 e. The lowest BCUT2D eigenvalue weighted by atomic mass is 9.97. The zero-order valence-electron chi connectivity index (χ0n) is 15.7.